The highest BCUT2D eigenvalue weighted by molar-refractivity contribution is 7.91. The number of anilines is 1. The van der Waals surface area contributed by atoms with Gasteiger partial charge < -0.3 is 9.80 Å². The number of hydrogen-bond donors (Lipinski definition) is 0. The Hall–Kier alpha value is -2.48. The van der Waals surface area contributed by atoms with Gasteiger partial charge in [0.2, 0.25) is 0 Å². The van der Waals surface area contributed by atoms with Gasteiger partial charge in [0.1, 0.15) is 11.5 Å². The van der Waals surface area contributed by atoms with Crippen molar-refractivity contribution in [3.63, 3.8) is 0 Å². The molecule has 0 bridgehead atoms. The lowest BCUT2D eigenvalue weighted by atomic mass is 10.2. The molecule has 27 heavy (non-hydrogen) atoms. The smallest absolute Gasteiger partial charge is 0.274 e. The number of benzene rings is 1. The molecule has 0 aliphatic carbocycles. The Morgan fingerprint density at radius 2 is 1.93 bits per heavy atom. The number of carbonyl (C=O) groups is 1. The second-order valence-corrected chi connectivity index (χ2v) is 8.96. The average Bonchev–Trinajstić information content (AvgIpc) is 3.05. The Bertz CT molecular complexity index is 885. The average molecular weight is 388 g/mol. The van der Waals surface area contributed by atoms with Crippen LogP contribution in [0.3, 0.4) is 0 Å². The minimum Gasteiger partial charge on any atom is -0.351 e. The van der Waals surface area contributed by atoms with E-state index in [2.05, 4.69) is 27.0 Å². The lowest BCUT2D eigenvalue weighted by molar-refractivity contribution is 0.0741. The summed E-state index contributed by atoms with van der Waals surface area (Å²) in [5.41, 5.74) is 1.39. The molecule has 8 heteroatoms. The van der Waals surface area contributed by atoms with Crippen LogP contribution in [-0.4, -0.2) is 60.3 Å². The molecule has 2 aromatic rings. The van der Waals surface area contributed by atoms with E-state index in [9.17, 15) is 13.2 Å². The Kier molecular flexibility index (Phi) is 5.74. The van der Waals surface area contributed by atoms with Crippen molar-refractivity contribution in [1.82, 2.24) is 14.9 Å². The highest BCUT2D eigenvalue weighted by Crippen LogP contribution is 2.19. The van der Waals surface area contributed by atoms with Crippen LogP contribution in [0.4, 0.5) is 5.82 Å². The number of nitrogens with zero attached hydrogens (tertiary/aromatic N) is 4. The fourth-order valence-corrected chi connectivity index (χ4v) is 4.96. The van der Waals surface area contributed by atoms with Gasteiger partial charge in [-0.15, -0.1) is 0 Å². The van der Waals surface area contributed by atoms with Gasteiger partial charge in [-0.05, 0) is 18.9 Å². The normalized spacial score (nSPS) is 18.2. The standard InChI is InChI=1S/C19H24N4O3S/c1-3-23(13-15-7-5-4-6-8-15)18-12-20-17(11-21-18)19(24)22(2)16-9-10-27(25,26)14-16/h4-8,11-12,16H,3,9-10,13-14H2,1-2H3. The summed E-state index contributed by atoms with van der Waals surface area (Å²) in [6.07, 6.45) is 3.53. The molecule has 1 aromatic carbocycles. The van der Waals surface area contributed by atoms with E-state index in [-0.39, 0.29) is 29.1 Å². The molecule has 144 valence electrons. The number of aromatic nitrogens is 2. The maximum Gasteiger partial charge on any atom is 0.274 e. The predicted octanol–water partition coefficient (Wildman–Crippen LogP) is 1.76. The zero-order chi connectivity index (χ0) is 19.4. The van der Waals surface area contributed by atoms with Gasteiger partial charge in [0.25, 0.3) is 5.91 Å². The molecule has 1 aromatic heterocycles. The molecule has 0 saturated carbocycles. The molecule has 1 amide bonds. The van der Waals surface area contributed by atoms with Crippen molar-refractivity contribution in [3.05, 3.63) is 54.0 Å². The predicted molar refractivity (Wildman–Crippen MR) is 104 cm³/mol. The van der Waals surface area contributed by atoms with Crippen molar-refractivity contribution in [1.29, 1.82) is 0 Å². The van der Waals surface area contributed by atoms with Crippen molar-refractivity contribution in [3.8, 4) is 0 Å². The zero-order valence-electron chi connectivity index (χ0n) is 15.6. The molecular formula is C19H24N4O3S. The first-order valence-electron chi connectivity index (χ1n) is 8.98. The summed E-state index contributed by atoms with van der Waals surface area (Å²) in [6, 6.07) is 9.78. The fraction of sp³-hybridized carbons (Fsp3) is 0.421. The fourth-order valence-electron chi connectivity index (χ4n) is 3.18. The molecule has 1 saturated heterocycles. The second-order valence-electron chi connectivity index (χ2n) is 6.73. The highest BCUT2D eigenvalue weighted by Gasteiger charge is 2.33. The lowest BCUT2D eigenvalue weighted by Gasteiger charge is -2.24. The van der Waals surface area contributed by atoms with Crippen LogP contribution in [0.2, 0.25) is 0 Å². The van der Waals surface area contributed by atoms with Gasteiger partial charge in [-0.1, -0.05) is 30.3 Å². The summed E-state index contributed by atoms with van der Waals surface area (Å²) in [5, 5.41) is 0. The summed E-state index contributed by atoms with van der Waals surface area (Å²) in [4.78, 5) is 24.8. The molecular weight excluding hydrogens is 364 g/mol. The van der Waals surface area contributed by atoms with Crippen LogP contribution in [0, 0.1) is 0 Å². The van der Waals surface area contributed by atoms with Crippen molar-refractivity contribution in [2.24, 2.45) is 0 Å². The molecule has 7 nitrogen and oxygen atoms in total. The minimum absolute atomic E-state index is 0.0153. The Morgan fingerprint density at radius 3 is 2.48 bits per heavy atom. The van der Waals surface area contributed by atoms with E-state index >= 15 is 0 Å². The van der Waals surface area contributed by atoms with E-state index in [0.717, 1.165) is 6.54 Å². The summed E-state index contributed by atoms with van der Waals surface area (Å²) in [7, 11) is -1.42. The number of rotatable bonds is 6. The van der Waals surface area contributed by atoms with Crippen LogP contribution in [0.25, 0.3) is 0 Å². The summed E-state index contributed by atoms with van der Waals surface area (Å²) in [5.74, 6) is 0.540. The molecule has 0 N–H and O–H groups in total. The molecule has 3 rings (SSSR count). The van der Waals surface area contributed by atoms with Gasteiger partial charge in [-0.25, -0.2) is 18.4 Å². The third-order valence-corrected chi connectivity index (χ3v) is 6.61. The number of carbonyl (C=O) groups excluding carboxylic acids is 1. The van der Waals surface area contributed by atoms with E-state index in [1.54, 1.807) is 13.2 Å². The third kappa shape index (κ3) is 4.63. The van der Waals surface area contributed by atoms with Gasteiger partial charge >= 0.3 is 0 Å². The highest BCUT2D eigenvalue weighted by atomic mass is 32.2. The number of sulfone groups is 1. The first-order chi connectivity index (χ1) is 12.9. The van der Waals surface area contributed by atoms with Crippen LogP contribution in [0.5, 0.6) is 0 Å². The summed E-state index contributed by atoms with van der Waals surface area (Å²) in [6.45, 7) is 3.51. The van der Waals surface area contributed by atoms with Crippen molar-refractivity contribution < 1.29 is 13.2 Å². The van der Waals surface area contributed by atoms with Gasteiger partial charge in [-0.2, -0.15) is 0 Å². The van der Waals surface area contributed by atoms with Crippen molar-refractivity contribution >= 4 is 21.6 Å². The van der Waals surface area contributed by atoms with E-state index in [0.29, 0.717) is 18.8 Å². The van der Waals surface area contributed by atoms with E-state index < -0.39 is 9.84 Å². The third-order valence-electron chi connectivity index (χ3n) is 4.86. The van der Waals surface area contributed by atoms with E-state index in [1.165, 1.54) is 16.7 Å². The summed E-state index contributed by atoms with van der Waals surface area (Å²) < 4.78 is 23.3. The Morgan fingerprint density at radius 1 is 1.19 bits per heavy atom. The minimum atomic E-state index is -3.04. The van der Waals surface area contributed by atoms with Crippen LogP contribution >= 0.6 is 0 Å². The van der Waals surface area contributed by atoms with E-state index in [1.807, 2.05) is 25.1 Å². The Balaban J connectivity index is 1.69. The first-order valence-corrected chi connectivity index (χ1v) is 10.8. The van der Waals surface area contributed by atoms with Crippen molar-refractivity contribution in [2.75, 3.05) is 30.0 Å². The van der Waals surface area contributed by atoms with Crippen LogP contribution < -0.4 is 4.90 Å². The maximum atomic E-state index is 12.6. The molecule has 1 atom stereocenters. The molecule has 1 unspecified atom stereocenters. The number of hydrogen-bond acceptors (Lipinski definition) is 6. The van der Waals surface area contributed by atoms with Crippen LogP contribution in [0.1, 0.15) is 29.4 Å². The monoisotopic (exact) mass is 388 g/mol. The quantitative estimate of drug-likeness (QED) is 0.750. The SMILES string of the molecule is CCN(Cc1ccccc1)c1cnc(C(=O)N(C)C2CCS(=O)(=O)C2)cn1. The van der Waals surface area contributed by atoms with Crippen LogP contribution in [0.15, 0.2) is 42.7 Å². The molecule has 2 heterocycles. The van der Waals surface area contributed by atoms with Gasteiger partial charge in [0.15, 0.2) is 9.84 Å². The van der Waals surface area contributed by atoms with Gasteiger partial charge in [0, 0.05) is 26.2 Å². The number of amides is 1. The summed E-state index contributed by atoms with van der Waals surface area (Å²) >= 11 is 0. The second kappa shape index (κ2) is 8.04. The van der Waals surface area contributed by atoms with Crippen molar-refractivity contribution in [2.45, 2.75) is 25.9 Å². The Labute approximate surface area is 160 Å². The van der Waals surface area contributed by atoms with Gasteiger partial charge in [0.05, 0.1) is 23.9 Å². The first kappa shape index (κ1) is 19.3. The largest absolute Gasteiger partial charge is 0.351 e. The van der Waals surface area contributed by atoms with Crippen LogP contribution in [-0.2, 0) is 16.4 Å². The molecule has 0 radical (unpaired) electrons. The molecule has 0 spiro atoms. The zero-order valence-corrected chi connectivity index (χ0v) is 16.4. The topological polar surface area (TPSA) is 83.5 Å². The molecule has 1 fully saturated rings. The van der Waals surface area contributed by atoms with E-state index in [4.69, 9.17) is 0 Å². The molecule has 1 aliphatic rings. The van der Waals surface area contributed by atoms with Gasteiger partial charge in [-0.3, -0.25) is 4.79 Å². The maximum absolute atomic E-state index is 12.6. The lowest BCUT2D eigenvalue weighted by Crippen LogP contribution is -2.38. The molecule has 1 aliphatic heterocycles.